The molecule has 0 radical (unpaired) electrons. The Bertz CT molecular complexity index is 1210. The van der Waals surface area contributed by atoms with Crippen molar-refractivity contribution >= 4 is 43.1 Å². The molecule has 0 heterocycles. The highest BCUT2D eigenvalue weighted by molar-refractivity contribution is 6.27. The lowest BCUT2D eigenvalue weighted by molar-refractivity contribution is 1.55. The van der Waals surface area contributed by atoms with E-state index in [9.17, 15) is 0 Å². The summed E-state index contributed by atoms with van der Waals surface area (Å²) >= 11 is 0. The third-order valence-corrected chi connectivity index (χ3v) is 4.94. The summed E-state index contributed by atoms with van der Waals surface area (Å²) in [4.78, 5) is 0. The molecule has 0 N–H and O–H groups in total. The van der Waals surface area contributed by atoms with Crippen LogP contribution >= 0.6 is 0 Å². The second-order valence-electron chi connectivity index (χ2n) is 6.29. The summed E-state index contributed by atoms with van der Waals surface area (Å²) in [5.74, 6) is 0. The van der Waals surface area contributed by atoms with Gasteiger partial charge in [-0.2, -0.15) is 0 Å². The maximum Gasteiger partial charge on any atom is -0.00694 e. The van der Waals surface area contributed by atoms with Crippen molar-refractivity contribution in [2.45, 2.75) is 6.92 Å². The molecule has 0 nitrogen and oxygen atoms in total. The van der Waals surface area contributed by atoms with Gasteiger partial charge in [-0.15, -0.1) is 0 Å². The van der Waals surface area contributed by atoms with Gasteiger partial charge in [0.15, 0.2) is 0 Å². The molecule has 5 aromatic rings. The van der Waals surface area contributed by atoms with E-state index in [1.54, 1.807) is 0 Å². The summed E-state index contributed by atoms with van der Waals surface area (Å²) in [5.41, 5.74) is 1.34. The first-order valence-corrected chi connectivity index (χ1v) is 8.05. The summed E-state index contributed by atoms with van der Waals surface area (Å²) in [6.45, 7) is 2.21. The lowest BCUT2D eigenvalue weighted by Crippen LogP contribution is -1.86. The van der Waals surface area contributed by atoms with Crippen LogP contribution in [0.2, 0.25) is 0 Å². The predicted molar refractivity (Wildman–Crippen MR) is 101 cm³/mol. The van der Waals surface area contributed by atoms with Gasteiger partial charge < -0.3 is 0 Å². The molecule has 0 fully saturated rings. The molecule has 5 rings (SSSR count). The lowest BCUT2D eigenvalue weighted by Gasteiger charge is -2.13. The molecule has 0 unspecified atom stereocenters. The van der Waals surface area contributed by atoms with Crippen LogP contribution in [0.25, 0.3) is 43.1 Å². The van der Waals surface area contributed by atoms with Crippen LogP contribution < -0.4 is 0 Å². The van der Waals surface area contributed by atoms with Crippen molar-refractivity contribution in [1.82, 2.24) is 0 Å². The fourth-order valence-electron chi connectivity index (χ4n) is 3.87. The van der Waals surface area contributed by atoms with Gasteiger partial charge in [-0.05, 0) is 67.7 Å². The monoisotopic (exact) mass is 292 g/mol. The zero-order valence-electron chi connectivity index (χ0n) is 13.0. The van der Waals surface area contributed by atoms with E-state index in [-0.39, 0.29) is 0 Å². The number of rotatable bonds is 0. The molecule has 0 aromatic heterocycles. The zero-order valence-corrected chi connectivity index (χ0v) is 13.0. The Balaban J connectivity index is 2.19. The first-order chi connectivity index (χ1) is 11.3. The SMILES string of the molecule is Cc1cccc2c3ccccc3c3cc4ccccc4cc3c12. The van der Waals surface area contributed by atoms with Crippen LogP contribution in [0.4, 0.5) is 0 Å². The molecular weight excluding hydrogens is 276 g/mol. The van der Waals surface area contributed by atoms with Crippen LogP contribution in [-0.4, -0.2) is 0 Å². The molecule has 0 amide bonds. The Morgan fingerprint density at radius 2 is 1.04 bits per heavy atom. The topological polar surface area (TPSA) is 0 Å². The van der Waals surface area contributed by atoms with E-state index >= 15 is 0 Å². The summed E-state index contributed by atoms with van der Waals surface area (Å²) in [6.07, 6.45) is 0. The summed E-state index contributed by atoms with van der Waals surface area (Å²) in [7, 11) is 0. The van der Waals surface area contributed by atoms with Crippen LogP contribution in [0.3, 0.4) is 0 Å². The fraction of sp³-hybridized carbons (Fsp3) is 0.0435. The van der Waals surface area contributed by atoms with Gasteiger partial charge in [-0.3, -0.25) is 0 Å². The molecule has 0 saturated heterocycles. The molecule has 0 aliphatic carbocycles. The minimum atomic E-state index is 1.30. The van der Waals surface area contributed by atoms with E-state index in [2.05, 4.69) is 85.8 Å². The standard InChI is InChI=1S/C23H16/c1-15-7-6-12-20-18-10-4-5-11-19(18)21-13-16-8-2-3-9-17(16)14-22(21)23(15)20/h2-14H,1H3. The quantitative estimate of drug-likeness (QED) is 0.222. The first-order valence-electron chi connectivity index (χ1n) is 8.05. The molecule has 0 aliphatic rings. The summed E-state index contributed by atoms with van der Waals surface area (Å²) < 4.78 is 0. The van der Waals surface area contributed by atoms with Gasteiger partial charge in [0.05, 0.1) is 0 Å². The van der Waals surface area contributed by atoms with E-state index in [4.69, 9.17) is 0 Å². The maximum atomic E-state index is 2.35. The Morgan fingerprint density at radius 1 is 0.478 bits per heavy atom. The van der Waals surface area contributed by atoms with Gasteiger partial charge in [-0.1, -0.05) is 66.7 Å². The molecule has 0 atom stereocenters. The maximum absolute atomic E-state index is 2.35. The fourth-order valence-corrected chi connectivity index (χ4v) is 3.87. The van der Waals surface area contributed by atoms with Gasteiger partial charge in [-0.25, -0.2) is 0 Å². The van der Waals surface area contributed by atoms with Crippen LogP contribution in [-0.2, 0) is 0 Å². The van der Waals surface area contributed by atoms with E-state index in [1.807, 2.05) is 0 Å². The van der Waals surface area contributed by atoms with Gasteiger partial charge in [0.25, 0.3) is 0 Å². The largest absolute Gasteiger partial charge is 0.0616 e. The van der Waals surface area contributed by atoms with Crippen molar-refractivity contribution in [2.75, 3.05) is 0 Å². The first kappa shape index (κ1) is 12.7. The third-order valence-electron chi connectivity index (χ3n) is 4.94. The van der Waals surface area contributed by atoms with Crippen molar-refractivity contribution in [1.29, 1.82) is 0 Å². The number of hydrogen-bond acceptors (Lipinski definition) is 0. The van der Waals surface area contributed by atoms with Gasteiger partial charge in [0.1, 0.15) is 0 Å². The number of aryl methyl sites for hydroxylation is 1. The van der Waals surface area contributed by atoms with Crippen molar-refractivity contribution in [3.8, 4) is 0 Å². The summed E-state index contributed by atoms with van der Waals surface area (Å²) in [6, 6.07) is 28.7. The molecule has 0 saturated carbocycles. The molecule has 108 valence electrons. The highest BCUT2D eigenvalue weighted by Crippen LogP contribution is 2.38. The predicted octanol–water partition coefficient (Wildman–Crippen LogP) is 6.61. The zero-order chi connectivity index (χ0) is 15.4. The van der Waals surface area contributed by atoms with Gasteiger partial charge in [0.2, 0.25) is 0 Å². The normalized spacial score (nSPS) is 11.7. The van der Waals surface area contributed by atoms with Gasteiger partial charge >= 0.3 is 0 Å². The Kier molecular flexibility index (Phi) is 2.51. The third kappa shape index (κ3) is 1.72. The van der Waals surface area contributed by atoms with Gasteiger partial charge in [0, 0.05) is 0 Å². The van der Waals surface area contributed by atoms with Crippen molar-refractivity contribution in [3.63, 3.8) is 0 Å². The minimum Gasteiger partial charge on any atom is -0.0616 e. The van der Waals surface area contributed by atoms with Crippen LogP contribution in [0.1, 0.15) is 5.56 Å². The van der Waals surface area contributed by atoms with E-state index in [0.717, 1.165) is 0 Å². The molecule has 0 aliphatic heterocycles. The Hall–Kier alpha value is -2.86. The Morgan fingerprint density at radius 3 is 1.78 bits per heavy atom. The molecule has 5 aromatic carbocycles. The second kappa shape index (κ2) is 4.57. The number of hydrogen-bond donors (Lipinski definition) is 0. The second-order valence-corrected chi connectivity index (χ2v) is 6.29. The van der Waals surface area contributed by atoms with Crippen molar-refractivity contribution < 1.29 is 0 Å². The summed E-state index contributed by atoms with van der Waals surface area (Å²) in [5, 5.41) is 10.7. The highest BCUT2D eigenvalue weighted by Gasteiger charge is 2.10. The number of fused-ring (bicyclic) bond motifs is 7. The average molecular weight is 292 g/mol. The van der Waals surface area contributed by atoms with E-state index in [1.165, 1.54) is 48.7 Å². The molecule has 0 spiro atoms. The van der Waals surface area contributed by atoms with Crippen LogP contribution in [0.5, 0.6) is 0 Å². The molecular formula is C23H16. The van der Waals surface area contributed by atoms with E-state index in [0.29, 0.717) is 0 Å². The Labute approximate surface area is 135 Å². The van der Waals surface area contributed by atoms with Crippen molar-refractivity contribution in [3.05, 3.63) is 84.4 Å². The lowest BCUT2D eigenvalue weighted by atomic mass is 9.90. The molecule has 0 heteroatoms. The highest BCUT2D eigenvalue weighted by atomic mass is 14.1. The smallest absolute Gasteiger partial charge is 0.00694 e. The molecule has 23 heavy (non-hydrogen) atoms. The van der Waals surface area contributed by atoms with Crippen molar-refractivity contribution in [2.24, 2.45) is 0 Å². The average Bonchev–Trinajstić information content (AvgIpc) is 2.60. The molecule has 0 bridgehead atoms. The van der Waals surface area contributed by atoms with Crippen LogP contribution in [0.15, 0.2) is 78.9 Å². The van der Waals surface area contributed by atoms with Crippen LogP contribution in [0, 0.1) is 6.92 Å². The number of benzene rings is 5. The minimum absolute atomic E-state index is 1.30. The van der Waals surface area contributed by atoms with E-state index < -0.39 is 0 Å².